The summed E-state index contributed by atoms with van der Waals surface area (Å²) in [5.74, 6) is 0.888. The van der Waals surface area contributed by atoms with Crippen molar-refractivity contribution in [1.82, 2.24) is 5.32 Å². The fraction of sp³-hybridized carbons (Fsp3) is 1.00. The zero-order chi connectivity index (χ0) is 8.97. The molecule has 2 nitrogen and oxygen atoms in total. The summed E-state index contributed by atoms with van der Waals surface area (Å²) in [7, 11) is 2.03. The van der Waals surface area contributed by atoms with E-state index in [1.165, 1.54) is 12.8 Å². The van der Waals surface area contributed by atoms with Crippen molar-refractivity contribution in [2.45, 2.75) is 45.3 Å². The van der Waals surface area contributed by atoms with Crippen LogP contribution in [0.4, 0.5) is 0 Å². The van der Waals surface area contributed by atoms with Crippen LogP contribution in [0.3, 0.4) is 0 Å². The summed E-state index contributed by atoms with van der Waals surface area (Å²) in [6, 6.07) is 0.596. The molecule has 12 heavy (non-hydrogen) atoms. The van der Waals surface area contributed by atoms with Gasteiger partial charge in [0.05, 0.1) is 12.7 Å². The van der Waals surface area contributed by atoms with Crippen molar-refractivity contribution < 1.29 is 4.74 Å². The third-order valence-corrected chi connectivity index (χ3v) is 2.70. The summed E-state index contributed by atoms with van der Waals surface area (Å²) in [6.45, 7) is 5.19. The minimum atomic E-state index is 0.416. The Hall–Kier alpha value is -0.0800. The highest BCUT2D eigenvalue weighted by Gasteiger charge is 2.30. The number of hydrogen-bond donors (Lipinski definition) is 1. The maximum atomic E-state index is 5.68. The zero-order valence-electron chi connectivity index (χ0n) is 8.47. The lowest BCUT2D eigenvalue weighted by Gasteiger charge is -2.18. The topological polar surface area (TPSA) is 21.3 Å². The first-order valence-corrected chi connectivity index (χ1v) is 5.06. The number of likely N-dealkylation sites (N-methyl/N-ethyl adjacent to an activating group) is 1. The molecule has 0 aromatic heterocycles. The molecule has 1 aliphatic rings. The van der Waals surface area contributed by atoms with Gasteiger partial charge in [0.2, 0.25) is 0 Å². The fourth-order valence-electron chi connectivity index (χ4n) is 1.34. The third-order valence-electron chi connectivity index (χ3n) is 2.70. The van der Waals surface area contributed by atoms with Crippen LogP contribution < -0.4 is 5.32 Å². The highest BCUT2D eigenvalue weighted by molar-refractivity contribution is 4.85. The summed E-state index contributed by atoms with van der Waals surface area (Å²) in [4.78, 5) is 0. The van der Waals surface area contributed by atoms with Gasteiger partial charge >= 0.3 is 0 Å². The largest absolute Gasteiger partial charge is 0.377 e. The molecule has 2 atom stereocenters. The monoisotopic (exact) mass is 171 g/mol. The van der Waals surface area contributed by atoms with Gasteiger partial charge in [0, 0.05) is 6.04 Å². The van der Waals surface area contributed by atoms with Gasteiger partial charge in [-0.25, -0.2) is 0 Å². The summed E-state index contributed by atoms with van der Waals surface area (Å²) in [6.07, 6.45) is 4.30. The van der Waals surface area contributed by atoms with Crippen LogP contribution in [0.2, 0.25) is 0 Å². The molecule has 1 fully saturated rings. The predicted octanol–water partition coefficient (Wildman–Crippen LogP) is 1.80. The molecule has 0 bridgehead atoms. The predicted molar refractivity (Wildman–Crippen MR) is 51.3 cm³/mol. The van der Waals surface area contributed by atoms with E-state index in [0.717, 1.165) is 18.9 Å². The van der Waals surface area contributed by atoms with Crippen LogP contribution in [0.1, 0.15) is 33.1 Å². The minimum absolute atomic E-state index is 0.416. The molecule has 1 N–H and O–H groups in total. The lowest BCUT2D eigenvalue weighted by Crippen LogP contribution is -2.33. The molecule has 0 amide bonds. The Balaban J connectivity index is 2.10. The first-order valence-electron chi connectivity index (χ1n) is 5.06. The van der Waals surface area contributed by atoms with Gasteiger partial charge in [-0.3, -0.25) is 0 Å². The summed E-state index contributed by atoms with van der Waals surface area (Å²) >= 11 is 0. The Morgan fingerprint density at radius 1 is 1.50 bits per heavy atom. The Bertz CT molecular complexity index is 123. The lowest BCUT2D eigenvalue weighted by molar-refractivity contribution is 0.0451. The van der Waals surface area contributed by atoms with Crippen molar-refractivity contribution in [2.75, 3.05) is 13.7 Å². The lowest BCUT2D eigenvalue weighted by atomic mass is 10.2. The van der Waals surface area contributed by atoms with Gasteiger partial charge in [0.25, 0.3) is 0 Å². The third kappa shape index (κ3) is 3.11. The molecular formula is C10H21NO. The van der Waals surface area contributed by atoms with Gasteiger partial charge in [-0.2, -0.15) is 0 Å². The second-order valence-corrected chi connectivity index (χ2v) is 3.78. The highest BCUT2D eigenvalue weighted by atomic mass is 16.5. The van der Waals surface area contributed by atoms with E-state index in [4.69, 9.17) is 4.74 Å². The fourth-order valence-corrected chi connectivity index (χ4v) is 1.34. The van der Waals surface area contributed by atoms with E-state index in [9.17, 15) is 0 Å². The number of hydrogen-bond acceptors (Lipinski definition) is 2. The van der Waals surface area contributed by atoms with E-state index in [2.05, 4.69) is 19.2 Å². The van der Waals surface area contributed by atoms with Crippen molar-refractivity contribution in [3.63, 3.8) is 0 Å². The molecule has 72 valence electrons. The van der Waals surface area contributed by atoms with Crippen molar-refractivity contribution in [3.05, 3.63) is 0 Å². The van der Waals surface area contributed by atoms with Gasteiger partial charge in [0.15, 0.2) is 0 Å². The van der Waals surface area contributed by atoms with E-state index >= 15 is 0 Å². The first-order chi connectivity index (χ1) is 5.77. The molecule has 0 spiro atoms. The van der Waals surface area contributed by atoms with Crippen LogP contribution in [0, 0.1) is 5.92 Å². The van der Waals surface area contributed by atoms with Crippen molar-refractivity contribution in [2.24, 2.45) is 5.92 Å². The summed E-state index contributed by atoms with van der Waals surface area (Å²) < 4.78 is 5.68. The van der Waals surface area contributed by atoms with Gasteiger partial charge in [-0.05, 0) is 39.2 Å². The molecule has 0 aliphatic heterocycles. The first kappa shape index (κ1) is 10.0. The Labute approximate surface area is 75.7 Å². The zero-order valence-corrected chi connectivity index (χ0v) is 8.47. The maximum absolute atomic E-state index is 5.68. The van der Waals surface area contributed by atoms with Gasteiger partial charge in [-0.1, -0.05) is 6.92 Å². The second kappa shape index (κ2) is 4.83. The summed E-state index contributed by atoms with van der Waals surface area (Å²) in [5.41, 5.74) is 0. The van der Waals surface area contributed by atoms with Crippen LogP contribution in [-0.2, 0) is 4.74 Å². The average Bonchev–Trinajstić information content (AvgIpc) is 2.89. The molecule has 1 saturated carbocycles. The number of nitrogens with one attached hydrogen (secondary N) is 1. The maximum Gasteiger partial charge on any atom is 0.0625 e. The van der Waals surface area contributed by atoms with Crippen LogP contribution >= 0.6 is 0 Å². The molecule has 2 heteroatoms. The smallest absolute Gasteiger partial charge is 0.0625 e. The number of ether oxygens (including phenoxy) is 1. The van der Waals surface area contributed by atoms with Gasteiger partial charge < -0.3 is 10.1 Å². The number of rotatable bonds is 6. The molecule has 1 rings (SSSR count). The van der Waals surface area contributed by atoms with E-state index in [0.29, 0.717) is 12.1 Å². The van der Waals surface area contributed by atoms with E-state index in [-0.39, 0.29) is 0 Å². The van der Waals surface area contributed by atoms with Crippen molar-refractivity contribution in [3.8, 4) is 0 Å². The highest BCUT2D eigenvalue weighted by Crippen LogP contribution is 2.32. The molecular weight excluding hydrogens is 150 g/mol. The SMILES string of the molecule is CCC(C)OCC(NC)C1CC1. The van der Waals surface area contributed by atoms with Gasteiger partial charge in [0.1, 0.15) is 0 Å². The summed E-state index contributed by atoms with van der Waals surface area (Å²) in [5, 5.41) is 3.32. The molecule has 0 aromatic rings. The average molecular weight is 171 g/mol. The quantitative estimate of drug-likeness (QED) is 0.658. The van der Waals surface area contributed by atoms with Gasteiger partial charge in [-0.15, -0.1) is 0 Å². The Morgan fingerprint density at radius 3 is 2.58 bits per heavy atom. The minimum Gasteiger partial charge on any atom is -0.377 e. The Kier molecular flexibility index (Phi) is 4.02. The van der Waals surface area contributed by atoms with Crippen LogP contribution in [0.25, 0.3) is 0 Å². The molecule has 0 saturated heterocycles. The van der Waals surface area contributed by atoms with Crippen molar-refractivity contribution in [1.29, 1.82) is 0 Å². The van der Waals surface area contributed by atoms with Crippen LogP contribution in [0.5, 0.6) is 0 Å². The second-order valence-electron chi connectivity index (χ2n) is 3.78. The van der Waals surface area contributed by atoms with E-state index in [1.807, 2.05) is 7.05 Å². The molecule has 1 aliphatic carbocycles. The molecule has 0 aromatic carbocycles. The molecule has 2 unspecified atom stereocenters. The standard InChI is InChI=1S/C10H21NO/c1-4-8(2)12-7-10(11-3)9-5-6-9/h8-11H,4-7H2,1-3H3. The normalized spacial score (nSPS) is 22.2. The van der Waals surface area contributed by atoms with Crippen LogP contribution in [-0.4, -0.2) is 25.8 Å². The molecule has 0 heterocycles. The van der Waals surface area contributed by atoms with Crippen LogP contribution in [0.15, 0.2) is 0 Å². The van der Waals surface area contributed by atoms with Crippen molar-refractivity contribution >= 4 is 0 Å². The Morgan fingerprint density at radius 2 is 2.17 bits per heavy atom. The molecule has 0 radical (unpaired) electrons. The van der Waals surface area contributed by atoms with E-state index in [1.54, 1.807) is 0 Å². The van der Waals surface area contributed by atoms with E-state index < -0.39 is 0 Å².